The molecule has 1 aromatic carbocycles. The molecule has 1 N–H and O–H groups in total. The van der Waals surface area contributed by atoms with Crippen molar-refractivity contribution in [2.24, 2.45) is 0 Å². The van der Waals surface area contributed by atoms with Crippen LogP contribution in [-0.2, 0) is 22.7 Å². The zero-order valence-corrected chi connectivity index (χ0v) is 9.49. The van der Waals surface area contributed by atoms with E-state index >= 15 is 0 Å². The molecule has 0 amide bonds. The van der Waals surface area contributed by atoms with Crippen molar-refractivity contribution in [3.05, 3.63) is 34.9 Å². The minimum absolute atomic E-state index is 0.461. The van der Waals surface area contributed by atoms with Gasteiger partial charge in [-0.25, -0.2) is 0 Å². The maximum absolute atomic E-state index is 9.53. The van der Waals surface area contributed by atoms with Crippen molar-refractivity contribution in [3.8, 4) is 0 Å². The van der Waals surface area contributed by atoms with Crippen LogP contribution in [0.25, 0.3) is 0 Å². The second-order valence-corrected chi connectivity index (χ2v) is 3.62. The van der Waals surface area contributed by atoms with Gasteiger partial charge in [0.1, 0.15) is 0 Å². The van der Waals surface area contributed by atoms with Gasteiger partial charge in [0.05, 0.1) is 19.3 Å². The van der Waals surface area contributed by atoms with E-state index in [1.165, 1.54) is 0 Å². The highest BCUT2D eigenvalue weighted by Gasteiger charge is 2.05. The molecule has 0 radical (unpaired) electrons. The van der Waals surface area contributed by atoms with Gasteiger partial charge in [-0.3, -0.25) is 0 Å². The number of benzene rings is 1. The third-order valence-corrected chi connectivity index (χ3v) is 2.18. The number of aliphatic hydroxyl groups is 1. The molecular weight excluding hydrogens is 192 g/mol. The summed E-state index contributed by atoms with van der Waals surface area (Å²) in [5.74, 6) is 0. The second kappa shape index (κ2) is 5.85. The van der Waals surface area contributed by atoms with Crippen LogP contribution in [0.4, 0.5) is 0 Å². The Kier molecular flexibility index (Phi) is 4.75. The summed E-state index contributed by atoms with van der Waals surface area (Å²) in [5.41, 5.74) is 3.02. The predicted octanol–water partition coefficient (Wildman–Crippen LogP) is 2.03. The zero-order chi connectivity index (χ0) is 11.3. The van der Waals surface area contributed by atoms with E-state index in [-0.39, 0.29) is 0 Å². The smallest absolute Gasteiger partial charge is 0.0762 e. The fourth-order valence-electron chi connectivity index (χ4n) is 1.53. The minimum atomic E-state index is -0.461. The highest BCUT2D eigenvalue weighted by molar-refractivity contribution is 5.30. The lowest BCUT2D eigenvalue weighted by Gasteiger charge is -2.10. The molecule has 0 aromatic heterocycles. The number of aliphatic hydroxyl groups excluding tert-OH is 1. The lowest BCUT2D eigenvalue weighted by Crippen LogP contribution is -1.98. The number of hydrogen-bond acceptors (Lipinski definition) is 3. The van der Waals surface area contributed by atoms with E-state index in [0.717, 1.165) is 16.7 Å². The lowest BCUT2D eigenvalue weighted by atomic mass is 10.0. The van der Waals surface area contributed by atoms with Crippen LogP contribution in [0.5, 0.6) is 0 Å². The van der Waals surface area contributed by atoms with Crippen LogP contribution < -0.4 is 0 Å². The lowest BCUT2D eigenvalue weighted by molar-refractivity contribution is 0.177. The highest BCUT2D eigenvalue weighted by atomic mass is 16.5. The zero-order valence-electron chi connectivity index (χ0n) is 9.49. The first kappa shape index (κ1) is 12.2. The summed E-state index contributed by atoms with van der Waals surface area (Å²) in [6.07, 6.45) is -0.461. The Balaban J connectivity index is 2.97. The molecule has 84 valence electrons. The van der Waals surface area contributed by atoms with E-state index < -0.39 is 6.10 Å². The molecule has 1 unspecified atom stereocenters. The molecule has 1 aromatic rings. The Bertz CT molecular complexity index is 283. The molecule has 15 heavy (non-hydrogen) atoms. The van der Waals surface area contributed by atoms with E-state index in [1.807, 2.05) is 18.2 Å². The predicted molar refractivity (Wildman–Crippen MR) is 58.5 cm³/mol. The van der Waals surface area contributed by atoms with Gasteiger partial charge in [-0.1, -0.05) is 18.2 Å². The molecule has 0 aliphatic rings. The largest absolute Gasteiger partial charge is 0.389 e. The van der Waals surface area contributed by atoms with Gasteiger partial charge in [-0.2, -0.15) is 0 Å². The van der Waals surface area contributed by atoms with Crippen LogP contribution in [0.3, 0.4) is 0 Å². The Morgan fingerprint density at radius 2 is 1.53 bits per heavy atom. The molecule has 0 heterocycles. The molecule has 0 spiro atoms. The molecule has 0 bridgehead atoms. The highest BCUT2D eigenvalue weighted by Crippen LogP contribution is 2.18. The summed E-state index contributed by atoms with van der Waals surface area (Å²) < 4.78 is 10.1. The number of methoxy groups -OCH3 is 2. The number of hydrogen-bond donors (Lipinski definition) is 1. The third-order valence-electron chi connectivity index (χ3n) is 2.18. The fourth-order valence-corrected chi connectivity index (χ4v) is 1.53. The first-order valence-electron chi connectivity index (χ1n) is 4.96. The van der Waals surface area contributed by atoms with Gasteiger partial charge in [0.2, 0.25) is 0 Å². The Morgan fingerprint density at radius 1 is 1.07 bits per heavy atom. The van der Waals surface area contributed by atoms with Crippen LogP contribution >= 0.6 is 0 Å². The first-order valence-corrected chi connectivity index (χ1v) is 4.96. The number of rotatable bonds is 5. The van der Waals surface area contributed by atoms with E-state index in [0.29, 0.717) is 13.2 Å². The molecule has 0 saturated heterocycles. The minimum Gasteiger partial charge on any atom is -0.389 e. The Morgan fingerprint density at radius 3 is 1.87 bits per heavy atom. The Labute approximate surface area is 90.6 Å². The summed E-state index contributed by atoms with van der Waals surface area (Å²) in [5, 5.41) is 9.53. The van der Waals surface area contributed by atoms with E-state index in [2.05, 4.69) is 0 Å². The van der Waals surface area contributed by atoms with Crippen molar-refractivity contribution in [1.29, 1.82) is 0 Å². The molecule has 0 aliphatic carbocycles. The van der Waals surface area contributed by atoms with Crippen LogP contribution in [0.15, 0.2) is 18.2 Å². The van der Waals surface area contributed by atoms with E-state index in [4.69, 9.17) is 9.47 Å². The third kappa shape index (κ3) is 3.63. The van der Waals surface area contributed by atoms with Crippen molar-refractivity contribution >= 4 is 0 Å². The summed E-state index contributed by atoms with van der Waals surface area (Å²) >= 11 is 0. The summed E-state index contributed by atoms with van der Waals surface area (Å²) in [7, 11) is 3.32. The average Bonchev–Trinajstić information content (AvgIpc) is 2.18. The van der Waals surface area contributed by atoms with Crippen molar-refractivity contribution < 1.29 is 14.6 Å². The van der Waals surface area contributed by atoms with Crippen LogP contribution in [0.1, 0.15) is 29.7 Å². The molecular formula is C12H18O3. The first-order chi connectivity index (χ1) is 7.17. The van der Waals surface area contributed by atoms with Crippen LogP contribution in [0.2, 0.25) is 0 Å². The van der Waals surface area contributed by atoms with Gasteiger partial charge in [0.15, 0.2) is 0 Å². The molecule has 3 nitrogen and oxygen atoms in total. The van der Waals surface area contributed by atoms with Gasteiger partial charge in [-0.15, -0.1) is 0 Å². The standard InChI is InChI=1S/C12H18O3/c1-9(13)12-5-10(7-14-2)4-11(6-12)8-15-3/h4-6,9,13H,7-8H2,1-3H3. The van der Waals surface area contributed by atoms with Gasteiger partial charge in [0.25, 0.3) is 0 Å². The number of ether oxygens (including phenoxy) is 2. The topological polar surface area (TPSA) is 38.7 Å². The normalized spacial score (nSPS) is 12.8. The molecule has 3 heteroatoms. The van der Waals surface area contributed by atoms with Crippen molar-refractivity contribution in [2.75, 3.05) is 14.2 Å². The summed E-state index contributed by atoms with van der Waals surface area (Å²) in [6.45, 7) is 2.86. The maximum Gasteiger partial charge on any atom is 0.0762 e. The molecule has 0 saturated carbocycles. The Hall–Kier alpha value is -0.900. The quantitative estimate of drug-likeness (QED) is 0.808. The molecule has 0 aliphatic heterocycles. The van der Waals surface area contributed by atoms with E-state index in [9.17, 15) is 5.11 Å². The van der Waals surface area contributed by atoms with Gasteiger partial charge in [0, 0.05) is 14.2 Å². The summed E-state index contributed by atoms with van der Waals surface area (Å²) in [6, 6.07) is 5.93. The molecule has 0 fully saturated rings. The van der Waals surface area contributed by atoms with Crippen LogP contribution in [-0.4, -0.2) is 19.3 Å². The average molecular weight is 210 g/mol. The van der Waals surface area contributed by atoms with Gasteiger partial charge >= 0.3 is 0 Å². The molecule has 1 atom stereocenters. The van der Waals surface area contributed by atoms with Crippen molar-refractivity contribution in [2.45, 2.75) is 26.2 Å². The van der Waals surface area contributed by atoms with E-state index in [1.54, 1.807) is 21.1 Å². The maximum atomic E-state index is 9.53. The van der Waals surface area contributed by atoms with Crippen molar-refractivity contribution in [3.63, 3.8) is 0 Å². The van der Waals surface area contributed by atoms with Gasteiger partial charge < -0.3 is 14.6 Å². The summed E-state index contributed by atoms with van der Waals surface area (Å²) in [4.78, 5) is 0. The van der Waals surface area contributed by atoms with Gasteiger partial charge in [-0.05, 0) is 23.6 Å². The van der Waals surface area contributed by atoms with Crippen LogP contribution in [0, 0.1) is 0 Å². The fraction of sp³-hybridized carbons (Fsp3) is 0.500. The van der Waals surface area contributed by atoms with Crippen molar-refractivity contribution in [1.82, 2.24) is 0 Å². The monoisotopic (exact) mass is 210 g/mol. The second-order valence-electron chi connectivity index (χ2n) is 3.62. The molecule has 1 rings (SSSR count). The SMILES string of the molecule is COCc1cc(COC)cc(C(C)O)c1.